The molecule has 0 fully saturated rings. The Morgan fingerprint density at radius 2 is 1.78 bits per heavy atom. The van der Waals surface area contributed by atoms with E-state index in [1.54, 1.807) is 6.07 Å². The molecular formula is C20H24FLiO. The van der Waals surface area contributed by atoms with Gasteiger partial charge < -0.3 is 4.74 Å². The van der Waals surface area contributed by atoms with E-state index in [0.29, 0.717) is 12.4 Å². The molecule has 23 heavy (non-hydrogen) atoms. The van der Waals surface area contributed by atoms with Crippen molar-refractivity contribution in [1.29, 1.82) is 0 Å². The predicted octanol–water partition coefficient (Wildman–Crippen LogP) is 3.04. The van der Waals surface area contributed by atoms with E-state index in [-0.39, 0.29) is 24.7 Å². The number of ether oxygens (including phenoxy) is 1. The van der Waals surface area contributed by atoms with Gasteiger partial charge in [0.25, 0.3) is 0 Å². The molecule has 0 aromatic heterocycles. The maximum Gasteiger partial charge on any atom is 1.00 e. The molecule has 0 aliphatic rings. The molecular weight excluding hydrogens is 282 g/mol. The van der Waals surface area contributed by atoms with Crippen LogP contribution in [0.3, 0.4) is 0 Å². The molecule has 0 aliphatic heterocycles. The normalized spacial score (nSPS) is 10.2. The Morgan fingerprint density at radius 1 is 1.00 bits per heavy atom. The third kappa shape index (κ3) is 6.81. The summed E-state index contributed by atoms with van der Waals surface area (Å²) in [5.41, 5.74) is 1.81. The van der Waals surface area contributed by atoms with Crippen molar-refractivity contribution >= 4 is 0 Å². The smallest absolute Gasteiger partial charge is 0.491 e. The second-order valence-corrected chi connectivity index (χ2v) is 5.55. The largest absolute Gasteiger partial charge is 1.00 e. The minimum atomic E-state index is -0.299. The summed E-state index contributed by atoms with van der Waals surface area (Å²) in [5.74, 6) is 0.0459. The van der Waals surface area contributed by atoms with Crippen molar-refractivity contribution in [3.63, 3.8) is 0 Å². The third-order valence-corrected chi connectivity index (χ3v) is 3.73. The van der Waals surface area contributed by atoms with Crippen LogP contribution in [0.5, 0.6) is 5.75 Å². The van der Waals surface area contributed by atoms with Gasteiger partial charge in [0.2, 0.25) is 0 Å². The summed E-state index contributed by atoms with van der Waals surface area (Å²) >= 11 is 0. The van der Waals surface area contributed by atoms with Gasteiger partial charge in [0.15, 0.2) is 11.6 Å². The Labute approximate surface area is 151 Å². The second kappa shape index (κ2) is 11.3. The fraction of sp³-hybridized carbons (Fsp3) is 0.400. The van der Waals surface area contributed by atoms with Crippen LogP contribution < -0.4 is 23.6 Å². The summed E-state index contributed by atoms with van der Waals surface area (Å²) in [6.07, 6.45) is 7.22. The SMILES string of the molecule is CCCCCCCCOc1ccc(-c2c[c-]ccc2)cc1F.[Li+]. The average Bonchev–Trinajstić information content (AvgIpc) is 2.56. The van der Waals surface area contributed by atoms with Crippen LogP contribution in [0.25, 0.3) is 11.1 Å². The van der Waals surface area contributed by atoms with Gasteiger partial charge in [-0.2, -0.15) is 30.3 Å². The van der Waals surface area contributed by atoms with E-state index in [2.05, 4.69) is 13.0 Å². The second-order valence-electron chi connectivity index (χ2n) is 5.55. The molecule has 0 spiro atoms. The average molecular weight is 306 g/mol. The topological polar surface area (TPSA) is 9.23 Å². The van der Waals surface area contributed by atoms with Gasteiger partial charge in [0, 0.05) is 0 Å². The zero-order chi connectivity index (χ0) is 15.6. The van der Waals surface area contributed by atoms with Crippen LogP contribution in [0, 0.1) is 11.9 Å². The van der Waals surface area contributed by atoms with E-state index in [4.69, 9.17) is 4.74 Å². The van der Waals surface area contributed by atoms with Gasteiger partial charge in [-0.1, -0.05) is 50.7 Å². The number of rotatable bonds is 9. The van der Waals surface area contributed by atoms with Crippen molar-refractivity contribution < 1.29 is 28.0 Å². The van der Waals surface area contributed by atoms with Crippen LogP contribution in [0.4, 0.5) is 4.39 Å². The van der Waals surface area contributed by atoms with Gasteiger partial charge in [-0.15, -0.1) is 5.56 Å². The van der Waals surface area contributed by atoms with E-state index in [0.717, 1.165) is 24.0 Å². The molecule has 0 radical (unpaired) electrons. The summed E-state index contributed by atoms with van der Waals surface area (Å²) < 4.78 is 19.6. The fourth-order valence-corrected chi connectivity index (χ4v) is 2.43. The van der Waals surface area contributed by atoms with Crippen molar-refractivity contribution in [2.24, 2.45) is 0 Å². The molecule has 0 atom stereocenters. The van der Waals surface area contributed by atoms with E-state index >= 15 is 0 Å². The van der Waals surface area contributed by atoms with Crippen LogP contribution in [0.15, 0.2) is 42.5 Å². The maximum atomic E-state index is 14.1. The van der Waals surface area contributed by atoms with E-state index in [9.17, 15) is 4.39 Å². The van der Waals surface area contributed by atoms with Gasteiger partial charge in [0.05, 0.1) is 6.61 Å². The fourth-order valence-electron chi connectivity index (χ4n) is 2.43. The molecule has 3 heteroatoms. The van der Waals surface area contributed by atoms with Gasteiger partial charge in [-0.25, -0.2) is 4.39 Å². The summed E-state index contributed by atoms with van der Waals surface area (Å²) in [7, 11) is 0. The maximum absolute atomic E-state index is 14.1. The van der Waals surface area contributed by atoms with Crippen molar-refractivity contribution in [3.05, 3.63) is 54.3 Å². The summed E-state index contributed by atoms with van der Waals surface area (Å²) in [5, 5.41) is 0. The van der Waals surface area contributed by atoms with Crippen LogP contribution in [-0.4, -0.2) is 6.61 Å². The van der Waals surface area contributed by atoms with Crippen molar-refractivity contribution in [2.75, 3.05) is 6.61 Å². The molecule has 2 rings (SSSR count). The van der Waals surface area contributed by atoms with E-state index in [1.807, 2.05) is 30.3 Å². The van der Waals surface area contributed by atoms with Crippen LogP contribution >= 0.6 is 0 Å². The monoisotopic (exact) mass is 306 g/mol. The molecule has 0 amide bonds. The molecule has 118 valence electrons. The molecule has 0 bridgehead atoms. The first-order valence-electron chi connectivity index (χ1n) is 8.20. The Balaban J connectivity index is 0.00000264. The molecule has 2 aromatic carbocycles. The molecule has 0 aliphatic carbocycles. The van der Waals surface area contributed by atoms with Crippen LogP contribution in [-0.2, 0) is 0 Å². The number of benzene rings is 2. The van der Waals surface area contributed by atoms with Crippen LogP contribution in [0.1, 0.15) is 45.4 Å². The zero-order valence-electron chi connectivity index (χ0n) is 14.3. The first-order chi connectivity index (χ1) is 10.8. The minimum absolute atomic E-state index is 0. The molecule has 0 saturated heterocycles. The van der Waals surface area contributed by atoms with Crippen molar-refractivity contribution in [1.82, 2.24) is 0 Å². The van der Waals surface area contributed by atoms with Crippen molar-refractivity contribution in [2.45, 2.75) is 45.4 Å². The summed E-state index contributed by atoms with van der Waals surface area (Å²) in [6, 6.07) is 15.7. The van der Waals surface area contributed by atoms with Gasteiger partial charge in [0.1, 0.15) is 0 Å². The number of hydrogen-bond acceptors (Lipinski definition) is 1. The Kier molecular flexibility index (Phi) is 9.76. The van der Waals surface area contributed by atoms with Crippen molar-refractivity contribution in [3.8, 4) is 16.9 Å². The summed E-state index contributed by atoms with van der Waals surface area (Å²) in [6.45, 7) is 2.80. The minimum Gasteiger partial charge on any atom is -0.491 e. The Bertz CT molecular complexity index is 557. The van der Waals surface area contributed by atoms with E-state index in [1.165, 1.54) is 31.7 Å². The quantitative estimate of drug-likeness (QED) is 0.393. The molecule has 0 N–H and O–H groups in total. The Hall–Kier alpha value is -1.23. The number of unbranched alkanes of at least 4 members (excludes halogenated alkanes) is 5. The standard InChI is InChI=1S/C20H24FO.Li/c1-2-3-4-5-6-10-15-22-20-14-13-18(16-19(20)21)17-11-8-7-9-12-17;/h7-8,11-14,16H,2-6,10,15H2,1H3;/q-1;+1. The molecule has 1 nitrogen and oxygen atoms in total. The van der Waals surface area contributed by atoms with Gasteiger partial charge in [-0.3, -0.25) is 0 Å². The first kappa shape index (κ1) is 19.8. The zero-order valence-corrected chi connectivity index (χ0v) is 14.3. The van der Waals surface area contributed by atoms with E-state index < -0.39 is 0 Å². The summed E-state index contributed by atoms with van der Waals surface area (Å²) in [4.78, 5) is 0. The third-order valence-electron chi connectivity index (χ3n) is 3.73. The predicted molar refractivity (Wildman–Crippen MR) is 89.5 cm³/mol. The number of hydrogen-bond donors (Lipinski definition) is 0. The molecule has 0 heterocycles. The van der Waals surface area contributed by atoms with Gasteiger partial charge in [-0.05, 0) is 18.6 Å². The van der Waals surface area contributed by atoms with Crippen LogP contribution in [0.2, 0.25) is 0 Å². The number of halogens is 1. The molecule has 0 unspecified atom stereocenters. The van der Waals surface area contributed by atoms with Gasteiger partial charge >= 0.3 is 18.9 Å². The molecule has 2 aromatic rings. The Morgan fingerprint density at radius 3 is 2.48 bits per heavy atom. The molecule has 0 saturated carbocycles. The first-order valence-corrected chi connectivity index (χ1v) is 8.20.